The predicted octanol–water partition coefficient (Wildman–Crippen LogP) is 1.29. The molecule has 0 amide bonds. The van der Waals surface area contributed by atoms with Gasteiger partial charge in [-0.1, -0.05) is 12.1 Å². The van der Waals surface area contributed by atoms with Crippen LogP contribution >= 0.6 is 0 Å². The van der Waals surface area contributed by atoms with Crippen LogP contribution in [0.3, 0.4) is 0 Å². The molecule has 14 heavy (non-hydrogen) atoms. The Morgan fingerprint density at radius 2 is 2.29 bits per heavy atom. The van der Waals surface area contributed by atoms with Crippen LogP contribution in [-0.4, -0.2) is 19.9 Å². The van der Waals surface area contributed by atoms with Gasteiger partial charge >= 0.3 is 0 Å². The van der Waals surface area contributed by atoms with E-state index in [4.69, 9.17) is 4.74 Å². The molecule has 3 nitrogen and oxygen atoms in total. The van der Waals surface area contributed by atoms with E-state index in [-0.39, 0.29) is 0 Å². The second-order valence-corrected chi connectivity index (χ2v) is 3.10. The largest absolute Gasteiger partial charge is 0.496 e. The Balaban J connectivity index is 2.61. The lowest BCUT2D eigenvalue weighted by Gasteiger charge is -2.07. The van der Waals surface area contributed by atoms with Gasteiger partial charge in [-0.05, 0) is 24.1 Å². The standard InChI is InChI=1S/C11H15NO2/c1-9-7-10(8-12-5-6-13)3-4-11(9)14-2/h3-4,6-7,12H,5,8H2,1-2H3. The number of ether oxygens (including phenoxy) is 1. The third kappa shape index (κ3) is 2.85. The van der Waals surface area contributed by atoms with Crippen molar-refractivity contribution in [2.24, 2.45) is 0 Å². The van der Waals surface area contributed by atoms with Crippen molar-refractivity contribution in [1.82, 2.24) is 5.32 Å². The van der Waals surface area contributed by atoms with E-state index in [0.717, 1.165) is 23.2 Å². The van der Waals surface area contributed by atoms with Gasteiger partial charge in [0, 0.05) is 6.54 Å². The summed E-state index contributed by atoms with van der Waals surface area (Å²) in [6.07, 6.45) is 0.858. The molecule has 3 heteroatoms. The maximum atomic E-state index is 10.1. The van der Waals surface area contributed by atoms with E-state index in [1.807, 2.05) is 19.1 Å². The van der Waals surface area contributed by atoms with Crippen LogP contribution in [0.15, 0.2) is 18.2 Å². The smallest absolute Gasteiger partial charge is 0.133 e. The molecule has 0 atom stereocenters. The van der Waals surface area contributed by atoms with Crippen molar-refractivity contribution in [3.63, 3.8) is 0 Å². The van der Waals surface area contributed by atoms with Gasteiger partial charge in [-0.3, -0.25) is 0 Å². The van der Waals surface area contributed by atoms with Gasteiger partial charge in [-0.2, -0.15) is 0 Å². The van der Waals surface area contributed by atoms with E-state index < -0.39 is 0 Å². The molecule has 0 aliphatic carbocycles. The zero-order valence-electron chi connectivity index (χ0n) is 8.54. The van der Waals surface area contributed by atoms with Crippen LogP contribution in [0.25, 0.3) is 0 Å². The first-order valence-corrected chi connectivity index (χ1v) is 4.56. The Morgan fingerprint density at radius 3 is 2.86 bits per heavy atom. The van der Waals surface area contributed by atoms with Crippen LogP contribution in [0.4, 0.5) is 0 Å². The maximum Gasteiger partial charge on any atom is 0.133 e. The Kier molecular flexibility index (Phi) is 4.13. The van der Waals surface area contributed by atoms with Crippen molar-refractivity contribution >= 4 is 6.29 Å². The molecule has 0 heterocycles. The minimum absolute atomic E-state index is 0.394. The van der Waals surface area contributed by atoms with E-state index in [1.165, 1.54) is 0 Å². The summed E-state index contributed by atoms with van der Waals surface area (Å²) < 4.78 is 5.15. The molecule has 1 aromatic rings. The third-order valence-corrected chi connectivity index (χ3v) is 2.02. The number of carbonyl (C=O) groups is 1. The number of hydrogen-bond acceptors (Lipinski definition) is 3. The summed E-state index contributed by atoms with van der Waals surface area (Å²) >= 11 is 0. The number of hydrogen-bond donors (Lipinski definition) is 1. The molecule has 0 saturated heterocycles. The number of aldehydes is 1. The van der Waals surface area contributed by atoms with Gasteiger partial charge in [0.1, 0.15) is 12.0 Å². The van der Waals surface area contributed by atoms with E-state index in [2.05, 4.69) is 11.4 Å². The zero-order valence-corrected chi connectivity index (χ0v) is 8.54. The topological polar surface area (TPSA) is 38.3 Å². The first-order valence-electron chi connectivity index (χ1n) is 4.56. The minimum Gasteiger partial charge on any atom is -0.496 e. The van der Waals surface area contributed by atoms with Gasteiger partial charge in [0.05, 0.1) is 13.7 Å². The Morgan fingerprint density at radius 1 is 1.50 bits per heavy atom. The summed E-state index contributed by atoms with van der Waals surface area (Å²) in [7, 11) is 1.66. The lowest BCUT2D eigenvalue weighted by atomic mass is 10.1. The highest BCUT2D eigenvalue weighted by Crippen LogP contribution is 2.18. The number of nitrogens with one attached hydrogen (secondary N) is 1. The summed E-state index contributed by atoms with van der Waals surface area (Å²) in [5.41, 5.74) is 2.27. The molecule has 0 spiro atoms. The van der Waals surface area contributed by atoms with E-state index in [9.17, 15) is 4.79 Å². The average molecular weight is 193 g/mol. The SMILES string of the molecule is COc1ccc(CNCC=O)cc1C. The van der Waals surface area contributed by atoms with Crippen molar-refractivity contribution in [3.8, 4) is 5.75 Å². The fraction of sp³-hybridized carbons (Fsp3) is 0.364. The Labute approximate surface area is 84.1 Å². The Hall–Kier alpha value is -1.35. The van der Waals surface area contributed by atoms with Gasteiger partial charge in [-0.25, -0.2) is 0 Å². The second-order valence-electron chi connectivity index (χ2n) is 3.10. The fourth-order valence-electron chi connectivity index (χ4n) is 1.33. The molecule has 1 rings (SSSR count). The van der Waals surface area contributed by atoms with E-state index in [0.29, 0.717) is 13.1 Å². The lowest BCUT2D eigenvalue weighted by Crippen LogP contribution is -2.15. The molecule has 76 valence electrons. The molecule has 0 unspecified atom stereocenters. The van der Waals surface area contributed by atoms with E-state index >= 15 is 0 Å². The number of benzene rings is 1. The lowest BCUT2D eigenvalue weighted by molar-refractivity contribution is -0.107. The van der Waals surface area contributed by atoms with Gasteiger partial charge in [-0.15, -0.1) is 0 Å². The zero-order chi connectivity index (χ0) is 10.4. The summed E-state index contributed by atoms with van der Waals surface area (Å²) in [5.74, 6) is 0.893. The quantitative estimate of drug-likeness (QED) is 0.565. The van der Waals surface area contributed by atoms with Crippen molar-refractivity contribution < 1.29 is 9.53 Å². The highest BCUT2D eigenvalue weighted by Gasteiger charge is 1.98. The number of aryl methyl sites for hydroxylation is 1. The monoisotopic (exact) mass is 193 g/mol. The van der Waals surface area contributed by atoms with Crippen molar-refractivity contribution in [3.05, 3.63) is 29.3 Å². The molecule has 1 aromatic carbocycles. The van der Waals surface area contributed by atoms with E-state index in [1.54, 1.807) is 7.11 Å². The predicted molar refractivity (Wildman–Crippen MR) is 55.5 cm³/mol. The maximum absolute atomic E-state index is 10.1. The Bertz CT molecular complexity index is 310. The number of carbonyl (C=O) groups excluding carboxylic acids is 1. The minimum atomic E-state index is 0.394. The highest BCUT2D eigenvalue weighted by molar-refractivity contribution is 5.51. The summed E-state index contributed by atoms with van der Waals surface area (Å²) in [5, 5.41) is 3.01. The van der Waals surface area contributed by atoms with Crippen LogP contribution in [0.1, 0.15) is 11.1 Å². The fourth-order valence-corrected chi connectivity index (χ4v) is 1.33. The molecule has 0 fully saturated rings. The molecular weight excluding hydrogens is 178 g/mol. The van der Waals surface area contributed by atoms with Gasteiger partial charge in [0.15, 0.2) is 0 Å². The van der Waals surface area contributed by atoms with Crippen molar-refractivity contribution in [2.75, 3.05) is 13.7 Å². The van der Waals surface area contributed by atoms with Gasteiger partial charge < -0.3 is 14.8 Å². The van der Waals surface area contributed by atoms with Crippen LogP contribution in [0.5, 0.6) is 5.75 Å². The second kappa shape index (κ2) is 5.40. The average Bonchev–Trinajstić information content (AvgIpc) is 2.18. The summed E-state index contributed by atoms with van der Waals surface area (Å²) in [6, 6.07) is 5.98. The first-order chi connectivity index (χ1) is 6.77. The normalized spacial score (nSPS) is 9.86. The molecule has 1 N–H and O–H groups in total. The summed E-state index contributed by atoms with van der Waals surface area (Å²) in [6.45, 7) is 3.11. The molecule has 0 saturated carbocycles. The molecular formula is C11H15NO2. The van der Waals surface area contributed by atoms with Crippen LogP contribution in [-0.2, 0) is 11.3 Å². The third-order valence-electron chi connectivity index (χ3n) is 2.02. The number of methoxy groups -OCH3 is 1. The molecule has 0 aromatic heterocycles. The van der Waals surface area contributed by atoms with Gasteiger partial charge in [0.25, 0.3) is 0 Å². The van der Waals surface area contributed by atoms with Crippen LogP contribution in [0, 0.1) is 6.92 Å². The molecule has 0 bridgehead atoms. The van der Waals surface area contributed by atoms with Crippen molar-refractivity contribution in [2.45, 2.75) is 13.5 Å². The molecule has 0 aliphatic heterocycles. The van der Waals surface area contributed by atoms with Crippen LogP contribution in [0.2, 0.25) is 0 Å². The van der Waals surface area contributed by atoms with Gasteiger partial charge in [0.2, 0.25) is 0 Å². The molecule has 0 radical (unpaired) electrons. The highest BCUT2D eigenvalue weighted by atomic mass is 16.5. The van der Waals surface area contributed by atoms with Crippen molar-refractivity contribution in [1.29, 1.82) is 0 Å². The first kappa shape index (κ1) is 10.7. The number of rotatable bonds is 5. The molecule has 0 aliphatic rings. The summed E-state index contributed by atoms with van der Waals surface area (Å²) in [4.78, 5) is 10.1. The van der Waals surface area contributed by atoms with Crippen LogP contribution < -0.4 is 10.1 Å².